The maximum Gasteiger partial charge on any atom is 0.262 e. The first-order chi connectivity index (χ1) is 14.7. The molecular formula is C22H19N3O4S. The molecule has 0 saturated heterocycles. The Morgan fingerprint density at radius 2 is 2.07 bits per heavy atom. The van der Waals surface area contributed by atoms with Crippen LogP contribution in [0.1, 0.15) is 17.3 Å². The molecule has 0 atom stereocenters. The van der Waals surface area contributed by atoms with E-state index in [2.05, 4.69) is 15.3 Å². The number of rotatable bonds is 6. The van der Waals surface area contributed by atoms with Crippen molar-refractivity contribution in [2.75, 3.05) is 19.0 Å². The van der Waals surface area contributed by atoms with Crippen molar-refractivity contribution in [1.29, 1.82) is 0 Å². The van der Waals surface area contributed by atoms with Crippen molar-refractivity contribution in [1.82, 2.24) is 4.98 Å². The first kappa shape index (κ1) is 19.7. The smallest absolute Gasteiger partial charge is 0.262 e. The summed E-state index contributed by atoms with van der Waals surface area (Å²) in [5, 5.41) is 5.79. The second-order valence-corrected chi connectivity index (χ2v) is 7.07. The second-order valence-electron chi connectivity index (χ2n) is 6.17. The van der Waals surface area contributed by atoms with Crippen LogP contribution in [0.3, 0.4) is 0 Å². The van der Waals surface area contributed by atoms with E-state index in [4.69, 9.17) is 13.9 Å². The lowest BCUT2D eigenvalue weighted by atomic mass is 10.1. The zero-order valence-electron chi connectivity index (χ0n) is 16.4. The number of anilines is 1. The molecule has 0 unspecified atom stereocenters. The number of methoxy groups -OCH3 is 1. The molecule has 0 aliphatic rings. The van der Waals surface area contributed by atoms with Crippen molar-refractivity contribution in [2.24, 2.45) is 4.99 Å². The van der Waals surface area contributed by atoms with Crippen LogP contribution in [0, 0.1) is 0 Å². The maximum atomic E-state index is 12.9. The number of amides is 1. The molecule has 0 radical (unpaired) electrons. The van der Waals surface area contributed by atoms with E-state index in [0.717, 1.165) is 11.1 Å². The summed E-state index contributed by atoms with van der Waals surface area (Å²) in [6.45, 7) is 2.50. The Morgan fingerprint density at radius 3 is 2.77 bits per heavy atom. The monoisotopic (exact) mass is 421 g/mol. The standard InChI is InChI=1S/C22H19N3O4S/c1-3-28-16-9-7-15(8-10-16)24-21-17(20(26)25-22-23-11-12-30-22)13-14-5-4-6-18(27-2)19(14)29-21/h4-13H,3H2,1-2H3,(H,23,25,26). The molecule has 4 rings (SSSR count). The van der Waals surface area contributed by atoms with E-state index in [9.17, 15) is 4.79 Å². The van der Waals surface area contributed by atoms with Gasteiger partial charge in [0, 0.05) is 17.0 Å². The Bertz CT molecular complexity index is 1230. The van der Waals surface area contributed by atoms with Crippen molar-refractivity contribution < 1.29 is 18.7 Å². The number of carbonyl (C=O) groups is 1. The highest BCUT2D eigenvalue weighted by Gasteiger charge is 2.16. The van der Waals surface area contributed by atoms with E-state index in [1.165, 1.54) is 11.3 Å². The number of hydrogen-bond donors (Lipinski definition) is 1. The van der Waals surface area contributed by atoms with Gasteiger partial charge in [-0.3, -0.25) is 10.1 Å². The van der Waals surface area contributed by atoms with Gasteiger partial charge in [0.15, 0.2) is 16.5 Å². The number of fused-ring (bicyclic) bond motifs is 1. The van der Waals surface area contributed by atoms with Gasteiger partial charge in [-0.05, 0) is 43.3 Å². The van der Waals surface area contributed by atoms with Crippen molar-refractivity contribution in [3.8, 4) is 11.5 Å². The van der Waals surface area contributed by atoms with E-state index >= 15 is 0 Å². The Kier molecular flexibility index (Phi) is 5.76. The van der Waals surface area contributed by atoms with Gasteiger partial charge in [-0.1, -0.05) is 12.1 Å². The first-order valence-corrected chi connectivity index (χ1v) is 10.1. The summed E-state index contributed by atoms with van der Waals surface area (Å²) in [5.41, 5.74) is 1.60. The fraction of sp³-hybridized carbons (Fsp3) is 0.136. The van der Waals surface area contributed by atoms with E-state index in [1.807, 2.05) is 31.2 Å². The Labute approximate surface area is 176 Å². The van der Waals surface area contributed by atoms with E-state index in [0.29, 0.717) is 34.3 Å². The molecule has 0 aliphatic heterocycles. The number of para-hydroxylation sites is 1. The first-order valence-electron chi connectivity index (χ1n) is 9.27. The van der Waals surface area contributed by atoms with Crippen LogP contribution in [0.5, 0.6) is 11.5 Å². The van der Waals surface area contributed by atoms with Crippen LogP contribution >= 0.6 is 11.3 Å². The fourth-order valence-electron chi connectivity index (χ4n) is 2.88. The zero-order chi connectivity index (χ0) is 20.9. The average Bonchev–Trinajstić information content (AvgIpc) is 3.27. The van der Waals surface area contributed by atoms with Gasteiger partial charge in [-0.15, -0.1) is 11.3 Å². The molecule has 1 N–H and O–H groups in total. The molecule has 0 aliphatic carbocycles. The number of thiazole rings is 1. The summed E-state index contributed by atoms with van der Waals surface area (Å²) < 4.78 is 16.9. The van der Waals surface area contributed by atoms with Gasteiger partial charge in [0.05, 0.1) is 19.4 Å². The van der Waals surface area contributed by atoms with E-state index < -0.39 is 0 Å². The molecule has 8 heteroatoms. The van der Waals surface area contributed by atoms with Gasteiger partial charge in [0.1, 0.15) is 11.3 Å². The van der Waals surface area contributed by atoms with Gasteiger partial charge < -0.3 is 13.9 Å². The fourth-order valence-corrected chi connectivity index (χ4v) is 3.41. The topological polar surface area (TPSA) is 86.0 Å². The lowest BCUT2D eigenvalue weighted by molar-refractivity contribution is 0.102. The molecule has 7 nitrogen and oxygen atoms in total. The summed E-state index contributed by atoms with van der Waals surface area (Å²) in [6.07, 6.45) is 1.63. The summed E-state index contributed by atoms with van der Waals surface area (Å²) in [6, 6.07) is 14.5. The minimum Gasteiger partial charge on any atom is -0.494 e. The van der Waals surface area contributed by atoms with Gasteiger partial charge >= 0.3 is 0 Å². The second kappa shape index (κ2) is 8.79. The predicted octanol–water partition coefficient (Wildman–Crippen LogP) is 4.78. The van der Waals surface area contributed by atoms with Crippen LogP contribution in [-0.2, 0) is 0 Å². The molecule has 1 amide bonds. The normalized spacial score (nSPS) is 11.5. The van der Waals surface area contributed by atoms with Crippen LogP contribution in [0.25, 0.3) is 11.0 Å². The molecule has 152 valence electrons. The minimum absolute atomic E-state index is 0.171. The predicted molar refractivity (Wildman–Crippen MR) is 116 cm³/mol. The highest BCUT2D eigenvalue weighted by Crippen LogP contribution is 2.25. The molecule has 0 fully saturated rings. The van der Waals surface area contributed by atoms with Crippen molar-refractivity contribution in [3.63, 3.8) is 0 Å². The molecule has 30 heavy (non-hydrogen) atoms. The average molecular weight is 421 g/mol. The third-order valence-electron chi connectivity index (χ3n) is 4.23. The largest absolute Gasteiger partial charge is 0.494 e. The molecule has 4 aromatic rings. The zero-order valence-corrected chi connectivity index (χ0v) is 17.2. The highest BCUT2D eigenvalue weighted by molar-refractivity contribution is 7.13. The van der Waals surface area contributed by atoms with Gasteiger partial charge in [-0.2, -0.15) is 0 Å². The van der Waals surface area contributed by atoms with Crippen LogP contribution < -0.4 is 20.3 Å². The van der Waals surface area contributed by atoms with Gasteiger partial charge in [0.2, 0.25) is 5.55 Å². The summed E-state index contributed by atoms with van der Waals surface area (Å²) in [5.74, 6) is 0.945. The van der Waals surface area contributed by atoms with Crippen LogP contribution in [-0.4, -0.2) is 24.6 Å². The lowest BCUT2D eigenvalue weighted by Crippen LogP contribution is -2.21. The molecule has 0 spiro atoms. The van der Waals surface area contributed by atoms with E-state index in [-0.39, 0.29) is 11.5 Å². The number of ether oxygens (including phenoxy) is 2. The van der Waals surface area contributed by atoms with E-state index in [1.54, 1.807) is 43.0 Å². The molecule has 0 bridgehead atoms. The maximum absolute atomic E-state index is 12.9. The SMILES string of the molecule is CCOc1ccc(N=c2oc3c(OC)cccc3cc2C(=O)Nc2nccs2)cc1. The minimum atomic E-state index is -0.358. The Balaban J connectivity index is 1.84. The molecule has 0 saturated carbocycles. The molecule has 2 heterocycles. The van der Waals surface area contributed by atoms with Crippen LogP contribution in [0.4, 0.5) is 10.8 Å². The van der Waals surface area contributed by atoms with Gasteiger partial charge in [0.25, 0.3) is 5.91 Å². The number of carbonyl (C=O) groups excluding carboxylic acids is 1. The molecular weight excluding hydrogens is 402 g/mol. The Morgan fingerprint density at radius 1 is 1.23 bits per heavy atom. The lowest BCUT2D eigenvalue weighted by Gasteiger charge is -2.08. The highest BCUT2D eigenvalue weighted by atomic mass is 32.1. The quantitative estimate of drug-likeness (QED) is 0.484. The number of nitrogens with one attached hydrogen (secondary N) is 1. The molecule has 2 aromatic carbocycles. The summed E-state index contributed by atoms with van der Waals surface area (Å²) in [4.78, 5) is 21.6. The van der Waals surface area contributed by atoms with Crippen LogP contribution in [0.15, 0.2) is 69.5 Å². The summed E-state index contributed by atoms with van der Waals surface area (Å²) >= 11 is 1.33. The van der Waals surface area contributed by atoms with Crippen LogP contribution in [0.2, 0.25) is 0 Å². The Hall–Kier alpha value is -3.65. The number of aromatic nitrogens is 1. The van der Waals surface area contributed by atoms with Gasteiger partial charge in [-0.25, -0.2) is 9.98 Å². The third-order valence-corrected chi connectivity index (χ3v) is 4.92. The number of hydrogen-bond acceptors (Lipinski definition) is 7. The number of benzene rings is 2. The van der Waals surface area contributed by atoms with Crippen molar-refractivity contribution >= 4 is 39.0 Å². The molecule has 2 aromatic heterocycles. The van der Waals surface area contributed by atoms with Crippen molar-refractivity contribution in [3.05, 3.63) is 71.2 Å². The third kappa shape index (κ3) is 4.18. The number of nitrogens with zero attached hydrogens (tertiary/aromatic N) is 2. The summed E-state index contributed by atoms with van der Waals surface area (Å²) in [7, 11) is 1.57. The van der Waals surface area contributed by atoms with Crippen molar-refractivity contribution in [2.45, 2.75) is 6.92 Å².